The third-order valence-electron chi connectivity index (χ3n) is 1.93. The highest BCUT2D eigenvalue weighted by Gasteiger charge is 2.05. The van der Waals surface area contributed by atoms with Crippen molar-refractivity contribution < 1.29 is 10.2 Å². The zero-order chi connectivity index (χ0) is 11.5. The normalized spacial score (nSPS) is 10.0. The van der Waals surface area contributed by atoms with Gasteiger partial charge in [-0.25, -0.2) is 0 Å². The summed E-state index contributed by atoms with van der Waals surface area (Å²) in [5.74, 6) is -0.463. The molecule has 1 aromatic heterocycles. The van der Waals surface area contributed by atoms with E-state index >= 15 is 0 Å². The first-order valence-corrected chi connectivity index (χ1v) is 4.40. The summed E-state index contributed by atoms with van der Waals surface area (Å²) in [6.45, 7) is 0. The molecule has 0 fully saturated rings. The van der Waals surface area contributed by atoms with Gasteiger partial charge in [0.2, 0.25) is 11.8 Å². The van der Waals surface area contributed by atoms with Crippen molar-refractivity contribution in [1.29, 1.82) is 0 Å². The highest BCUT2D eigenvalue weighted by Crippen LogP contribution is 2.23. The topological polar surface area (TPSA) is 95.7 Å². The molecule has 0 aliphatic rings. The standard InChI is InChI=1S/C10H7N3O3/c14-8-5-9(15)12-10(11-8)6-1-3-7(13-16)4-2-6/h1-5H,(H2,11,12,14,15). The van der Waals surface area contributed by atoms with Crippen molar-refractivity contribution in [2.24, 2.45) is 5.18 Å². The monoisotopic (exact) mass is 217 g/mol. The van der Waals surface area contributed by atoms with Crippen LogP contribution in [0.5, 0.6) is 11.8 Å². The molecule has 0 atom stereocenters. The van der Waals surface area contributed by atoms with Crippen LogP contribution in [-0.2, 0) is 0 Å². The molecule has 0 bridgehead atoms. The first-order valence-electron chi connectivity index (χ1n) is 4.40. The minimum absolute atomic E-state index is 0.176. The third-order valence-corrected chi connectivity index (χ3v) is 1.93. The molecule has 16 heavy (non-hydrogen) atoms. The van der Waals surface area contributed by atoms with Crippen molar-refractivity contribution in [2.45, 2.75) is 0 Å². The van der Waals surface area contributed by atoms with E-state index in [2.05, 4.69) is 15.1 Å². The molecule has 2 aromatic rings. The summed E-state index contributed by atoms with van der Waals surface area (Å²) in [5.41, 5.74) is 0.853. The number of nitrogens with zero attached hydrogens (tertiary/aromatic N) is 3. The average molecular weight is 217 g/mol. The van der Waals surface area contributed by atoms with E-state index in [1.54, 1.807) is 12.1 Å². The van der Waals surface area contributed by atoms with Crippen molar-refractivity contribution >= 4 is 5.69 Å². The molecule has 0 radical (unpaired) electrons. The van der Waals surface area contributed by atoms with Gasteiger partial charge in [0.05, 0.1) is 6.07 Å². The minimum atomic E-state index is -0.319. The van der Waals surface area contributed by atoms with Gasteiger partial charge >= 0.3 is 0 Å². The number of benzene rings is 1. The molecule has 80 valence electrons. The lowest BCUT2D eigenvalue weighted by Crippen LogP contribution is -1.88. The van der Waals surface area contributed by atoms with Crippen LogP contribution in [0.1, 0.15) is 0 Å². The SMILES string of the molecule is O=Nc1ccc(-c2nc(O)cc(O)n2)cc1. The van der Waals surface area contributed by atoms with Crippen molar-refractivity contribution in [1.82, 2.24) is 9.97 Å². The third kappa shape index (κ3) is 1.95. The van der Waals surface area contributed by atoms with Crippen LogP contribution in [0, 0.1) is 4.91 Å². The van der Waals surface area contributed by atoms with Crippen LogP contribution in [0.2, 0.25) is 0 Å². The Morgan fingerprint density at radius 3 is 2.06 bits per heavy atom. The summed E-state index contributed by atoms with van der Waals surface area (Å²) in [6, 6.07) is 7.17. The maximum absolute atomic E-state index is 10.2. The fourth-order valence-electron chi connectivity index (χ4n) is 1.22. The van der Waals surface area contributed by atoms with Crippen LogP contribution >= 0.6 is 0 Å². The predicted molar refractivity (Wildman–Crippen MR) is 56.3 cm³/mol. The number of nitroso groups, excluding NO2 is 1. The molecule has 2 rings (SSSR count). The predicted octanol–water partition coefficient (Wildman–Crippen LogP) is 1.95. The second-order valence-electron chi connectivity index (χ2n) is 3.05. The Labute approximate surface area is 90.2 Å². The van der Waals surface area contributed by atoms with Crippen LogP contribution < -0.4 is 0 Å². The van der Waals surface area contributed by atoms with Gasteiger partial charge in [-0.2, -0.15) is 9.97 Å². The van der Waals surface area contributed by atoms with Gasteiger partial charge in [-0.05, 0) is 29.4 Å². The molecular weight excluding hydrogens is 210 g/mol. The average Bonchev–Trinajstić information content (AvgIpc) is 2.28. The van der Waals surface area contributed by atoms with Crippen LogP contribution in [0.4, 0.5) is 5.69 Å². The van der Waals surface area contributed by atoms with E-state index in [0.29, 0.717) is 5.56 Å². The Balaban J connectivity index is 2.45. The maximum Gasteiger partial charge on any atom is 0.218 e. The number of aromatic hydroxyl groups is 2. The first-order chi connectivity index (χ1) is 7.69. The molecule has 2 N–H and O–H groups in total. The second-order valence-corrected chi connectivity index (χ2v) is 3.05. The highest BCUT2D eigenvalue weighted by molar-refractivity contribution is 5.59. The Hall–Kier alpha value is -2.50. The molecule has 1 aromatic carbocycles. The molecule has 0 saturated carbocycles. The van der Waals surface area contributed by atoms with Gasteiger partial charge in [-0.1, -0.05) is 0 Å². The fraction of sp³-hybridized carbons (Fsp3) is 0. The van der Waals surface area contributed by atoms with E-state index in [1.165, 1.54) is 12.1 Å². The number of aromatic nitrogens is 2. The molecule has 6 heteroatoms. The van der Waals surface area contributed by atoms with Crippen LogP contribution in [0.15, 0.2) is 35.5 Å². The Morgan fingerprint density at radius 1 is 1.00 bits per heavy atom. The van der Waals surface area contributed by atoms with Gasteiger partial charge < -0.3 is 10.2 Å². The summed E-state index contributed by atoms with van der Waals surface area (Å²) in [5, 5.41) is 21.1. The molecule has 1 heterocycles. The van der Waals surface area contributed by atoms with Crippen molar-refractivity contribution in [3.8, 4) is 23.1 Å². The van der Waals surface area contributed by atoms with Gasteiger partial charge in [0.1, 0.15) is 5.69 Å². The molecule has 6 nitrogen and oxygen atoms in total. The first kappa shape index (κ1) is 10.0. The van der Waals surface area contributed by atoms with Crippen molar-refractivity contribution in [3.05, 3.63) is 35.2 Å². The van der Waals surface area contributed by atoms with E-state index < -0.39 is 0 Å². The number of hydrogen-bond acceptors (Lipinski definition) is 6. The van der Waals surface area contributed by atoms with E-state index in [4.69, 9.17) is 0 Å². The smallest absolute Gasteiger partial charge is 0.218 e. The van der Waals surface area contributed by atoms with Crippen LogP contribution in [0.25, 0.3) is 11.4 Å². The van der Waals surface area contributed by atoms with Gasteiger partial charge in [-0.3, -0.25) is 0 Å². The zero-order valence-corrected chi connectivity index (χ0v) is 8.03. The van der Waals surface area contributed by atoms with Gasteiger partial charge in [0.25, 0.3) is 0 Å². The lowest BCUT2D eigenvalue weighted by molar-refractivity contribution is 0.423. The largest absolute Gasteiger partial charge is 0.493 e. The van der Waals surface area contributed by atoms with Crippen LogP contribution in [-0.4, -0.2) is 20.2 Å². The zero-order valence-electron chi connectivity index (χ0n) is 8.03. The number of hydrogen-bond donors (Lipinski definition) is 2. The Bertz CT molecular complexity index is 505. The lowest BCUT2D eigenvalue weighted by atomic mass is 10.2. The quantitative estimate of drug-likeness (QED) is 0.749. The van der Waals surface area contributed by atoms with Gasteiger partial charge in [0.15, 0.2) is 5.82 Å². The van der Waals surface area contributed by atoms with E-state index in [0.717, 1.165) is 6.07 Å². The summed E-state index contributed by atoms with van der Waals surface area (Å²) < 4.78 is 0. The van der Waals surface area contributed by atoms with Crippen LogP contribution in [0.3, 0.4) is 0 Å². The molecule has 0 unspecified atom stereocenters. The summed E-state index contributed by atoms with van der Waals surface area (Å²) in [7, 11) is 0. The summed E-state index contributed by atoms with van der Waals surface area (Å²) in [6.07, 6.45) is 0. The minimum Gasteiger partial charge on any atom is -0.493 e. The Morgan fingerprint density at radius 2 is 1.56 bits per heavy atom. The molecule has 0 spiro atoms. The molecule has 0 amide bonds. The molecular formula is C10H7N3O3. The summed E-state index contributed by atoms with van der Waals surface area (Å²) in [4.78, 5) is 17.7. The fourth-order valence-corrected chi connectivity index (χ4v) is 1.22. The molecule has 0 saturated heterocycles. The highest BCUT2D eigenvalue weighted by atomic mass is 16.3. The lowest BCUT2D eigenvalue weighted by Gasteiger charge is -2.01. The Kier molecular flexibility index (Phi) is 2.47. The van der Waals surface area contributed by atoms with E-state index in [1.807, 2.05) is 0 Å². The second kappa shape index (κ2) is 3.93. The van der Waals surface area contributed by atoms with E-state index in [-0.39, 0.29) is 23.3 Å². The van der Waals surface area contributed by atoms with Crippen molar-refractivity contribution in [2.75, 3.05) is 0 Å². The molecule has 0 aliphatic carbocycles. The van der Waals surface area contributed by atoms with Gasteiger partial charge in [0, 0.05) is 5.56 Å². The van der Waals surface area contributed by atoms with Crippen molar-refractivity contribution in [3.63, 3.8) is 0 Å². The summed E-state index contributed by atoms with van der Waals surface area (Å²) >= 11 is 0. The van der Waals surface area contributed by atoms with Gasteiger partial charge in [-0.15, -0.1) is 4.91 Å². The maximum atomic E-state index is 10.2. The van der Waals surface area contributed by atoms with E-state index in [9.17, 15) is 15.1 Å². The molecule has 0 aliphatic heterocycles. The number of rotatable bonds is 2.